The Bertz CT molecular complexity index is 673. The summed E-state index contributed by atoms with van der Waals surface area (Å²) in [5.74, 6) is -0.754. The number of rotatable bonds is 3. The number of hydrogen-bond donors (Lipinski definition) is 1. The van der Waals surface area contributed by atoms with Gasteiger partial charge in [0.1, 0.15) is 5.82 Å². The number of halogens is 3. The van der Waals surface area contributed by atoms with E-state index in [-0.39, 0.29) is 11.7 Å². The molecule has 1 N–H and O–H groups in total. The zero-order chi connectivity index (χ0) is 14.5. The molecule has 0 aliphatic rings. The van der Waals surface area contributed by atoms with Gasteiger partial charge in [-0.05, 0) is 30.3 Å². The van der Waals surface area contributed by atoms with Crippen molar-refractivity contribution < 1.29 is 9.18 Å². The van der Waals surface area contributed by atoms with Crippen LogP contribution in [0.2, 0.25) is 5.02 Å². The molecule has 102 valence electrons. The van der Waals surface area contributed by atoms with Crippen molar-refractivity contribution in [2.75, 3.05) is 5.32 Å². The fourth-order valence-corrected chi connectivity index (χ4v) is 2.26. The van der Waals surface area contributed by atoms with Gasteiger partial charge < -0.3 is 5.32 Å². The number of benzene rings is 2. The highest BCUT2D eigenvalue weighted by atomic mass is 79.9. The lowest BCUT2D eigenvalue weighted by Crippen LogP contribution is -2.08. The maximum Gasteiger partial charge on any atom is 0.248 e. The van der Waals surface area contributed by atoms with Gasteiger partial charge in [0.05, 0.1) is 10.7 Å². The highest BCUT2D eigenvalue weighted by molar-refractivity contribution is 9.10. The standard InChI is InChI=1S/C15H10BrClFNO/c16-11-6-7-14(12(17)9-11)19-15(20)8-5-10-3-1-2-4-13(10)18/h1-9H,(H,19,20)/b8-5+. The van der Waals surface area contributed by atoms with E-state index >= 15 is 0 Å². The third-order valence-electron chi connectivity index (χ3n) is 2.51. The van der Waals surface area contributed by atoms with Gasteiger partial charge in [0.15, 0.2) is 0 Å². The normalized spacial score (nSPS) is 10.8. The largest absolute Gasteiger partial charge is 0.321 e. The van der Waals surface area contributed by atoms with Crippen LogP contribution in [0.3, 0.4) is 0 Å². The van der Waals surface area contributed by atoms with Crippen LogP contribution in [0.25, 0.3) is 6.08 Å². The second-order valence-electron chi connectivity index (χ2n) is 3.97. The minimum absolute atomic E-state index is 0.351. The van der Waals surface area contributed by atoms with E-state index in [1.165, 1.54) is 18.2 Å². The SMILES string of the molecule is O=C(/C=C/c1ccccc1F)Nc1ccc(Br)cc1Cl. The van der Waals surface area contributed by atoms with E-state index in [1.54, 1.807) is 36.4 Å². The number of hydrogen-bond acceptors (Lipinski definition) is 1. The molecule has 0 heterocycles. The first kappa shape index (κ1) is 14.8. The van der Waals surface area contributed by atoms with E-state index < -0.39 is 0 Å². The highest BCUT2D eigenvalue weighted by Gasteiger charge is 2.04. The first-order chi connectivity index (χ1) is 9.56. The first-order valence-electron chi connectivity index (χ1n) is 5.75. The quantitative estimate of drug-likeness (QED) is 0.781. The molecule has 0 aliphatic heterocycles. The van der Waals surface area contributed by atoms with Gasteiger partial charge in [0.2, 0.25) is 5.91 Å². The molecular formula is C15H10BrClFNO. The van der Waals surface area contributed by atoms with Crippen LogP contribution in [0.5, 0.6) is 0 Å². The van der Waals surface area contributed by atoms with Crippen molar-refractivity contribution in [3.05, 3.63) is 69.4 Å². The molecule has 0 fully saturated rings. The van der Waals surface area contributed by atoms with Crippen LogP contribution in [0.4, 0.5) is 10.1 Å². The molecule has 0 aliphatic carbocycles. The van der Waals surface area contributed by atoms with E-state index in [9.17, 15) is 9.18 Å². The molecule has 1 amide bonds. The molecule has 2 rings (SSSR count). The van der Waals surface area contributed by atoms with Gasteiger partial charge in [-0.2, -0.15) is 0 Å². The van der Waals surface area contributed by atoms with E-state index in [0.29, 0.717) is 16.3 Å². The lowest BCUT2D eigenvalue weighted by molar-refractivity contribution is -0.111. The average Bonchev–Trinajstić information content (AvgIpc) is 2.41. The summed E-state index contributed by atoms with van der Waals surface area (Å²) in [7, 11) is 0. The zero-order valence-corrected chi connectivity index (χ0v) is 12.6. The van der Waals surface area contributed by atoms with E-state index in [4.69, 9.17) is 11.6 Å². The molecule has 5 heteroatoms. The monoisotopic (exact) mass is 353 g/mol. The van der Waals surface area contributed by atoms with Gasteiger partial charge in [-0.25, -0.2) is 4.39 Å². The number of carbonyl (C=O) groups excluding carboxylic acids is 1. The van der Waals surface area contributed by atoms with Crippen molar-refractivity contribution in [3.8, 4) is 0 Å². The molecule has 20 heavy (non-hydrogen) atoms. The summed E-state index contributed by atoms with van der Waals surface area (Å²) in [5, 5.41) is 3.05. The molecule has 2 nitrogen and oxygen atoms in total. The fourth-order valence-electron chi connectivity index (χ4n) is 1.54. The zero-order valence-electron chi connectivity index (χ0n) is 10.2. The Balaban J connectivity index is 2.08. The van der Waals surface area contributed by atoms with E-state index in [1.807, 2.05) is 0 Å². The summed E-state index contributed by atoms with van der Waals surface area (Å²) in [6.45, 7) is 0. The molecule has 0 bridgehead atoms. The van der Waals surface area contributed by atoms with E-state index in [2.05, 4.69) is 21.2 Å². The van der Waals surface area contributed by atoms with Crippen molar-refractivity contribution in [1.82, 2.24) is 0 Å². The molecule has 0 unspecified atom stereocenters. The Labute approximate surface area is 129 Å². The van der Waals surface area contributed by atoms with Crippen molar-refractivity contribution in [2.24, 2.45) is 0 Å². The lowest BCUT2D eigenvalue weighted by Gasteiger charge is -2.05. The van der Waals surface area contributed by atoms with Gasteiger partial charge in [-0.15, -0.1) is 0 Å². The molecular weight excluding hydrogens is 345 g/mol. The third-order valence-corrected chi connectivity index (χ3v) is 3.31. The molecule has 0 saturated heterocycles. The molecule has 2 aromatic carbocycles. The topological polar surface area (TPSA) is 29.1 Å². The van der Waals surface area contributed by atoms with E-state index in [0.717, 1.165) is 4.47 Å². The van der Waals surface area contributed by atoms with Gasteiger partial charge >= 0.3 is 0 Å². The Morgan fingerprint density at radius 1 is 1.25 bits per heavy atom. The smallest absolute Gasteiger partial charge is 0.248 e. The van der Waals surface area contributed by atoms with Crippen molar-refractivity contribution >= 4 is 45.2 Å². The Hall–Kier alpha value is -1.65. The van der Waals surface area contributed by atoms with Gasteiger partial charge in [-0.1, -0.05) is 45.7 Å². The van der Waals surface area contributed by atoms with Crippen LogP contribution < -0.4 is 5.32 Å². The second kappa shape index (κ2) is 6.68. The fraction of sp³-hybridized carbons (Fsp3) is 0. The van der Waals surface area contributed by atoms with Crippen LogP contribution in [0.1, 0.15) is 5.56 Å². The van der Waals surface area contributed by atoms with Crippen molar-refractivity contribution in [1.29, 1.82) is 0 Å². The molecule has 0 atom stereocenters. The van der Waals surface area contributed by atoms with Crippen LogP contribution in [0.15, 0.2) is 53.0 Å². The molecule has 0 radical (unpaired) electrons. The van der Waals surface area contributed by atoms with Gasteiger partial charge in [0, 0.05) is 16.1 Å². The summed E-state index contributed by atoms with van der Waals surface area (Å²) in [6.07, 6.45) is 2.67. The summed E-state index contributed by atoms with van der Waals surface area (Å²) >= 11 is 9.27. The maximum atomic E-state index is 13.4. The van der Waals surface area contributed by atoms with Crippen molar-refractivity contribution in [3.63, 3.8) is 0 Å². The van der Waals surface area contributed by atoms with Crippen LogP contribution in [-0.2, 0) is 4.79 Å². The number of amides is 1. The highest BCUT2D eigenvalue weighted by Crippen LogP contribution is 2.25. The third kappa shape index (κ3) is 3.92. The van der Waals surface area contributed by atoms with Gasteiger partial charge in [-0.3, -0.25) is 4.79 Å². The molecule has 0 saturated carbocycles. The Morgan fingerprint density at radius 3 is 2.70 bits per heavy atom. The first-order valence-corrected chi connectivity index (χ1v) is 6.92. The Morgan fingerprint density at radius 2 is 2.00 bits per heavy atom. The molecule has 0 aromatic heterocycles. The number of carbonyl (C=O) groups is 1. The number of anilines is 1. The van der Waals surface area contributed by atoms with Crippen LogP contribution in [-0.4, -0.2) is 5.91 Å². The molecule has 0 spiro atoms. The Kier molecular flexibility index (Phi) is 4.93. The average molecular weight is 355 g/mol. The minimum Gasteiger partial charge on any atom is -0.321 e. The number of nitrogens with one attached hydrogen (secondary N) is 1. The summed E-state index contributed by atoms with van der Waals surface area (Å²) in [4.78, 5) is 11.7. The lowest BCUT2D eigenvalue weighted by atomic mass is 10.2. The maximum absolute atomic E-state index is 13.4. The van der Waals surface area contributed by atoms with Gasteiger partial charge in [0.25, 0.3) is 0 Å². The summed E-state index contributed by atoms with van der Waals surface area (Å²) < 4.78 is 14.2. The van der Waals surface area contributed by atoms with Crippen molar-refractivity contribution in [2.45, 2.75) is 0 Å². The molecule has 2 aromatic rings. The predicted octanol–water partition coefficient (Wildman–Crippen LogP) is 4.89. The summed E-state index contributed by atoms with van der Waals surface area (Å²) in [6, 6.07) is 11.3. The van der Waals surface area contributed by atoms with Crippen LogP contribution in [0, 0.1) is 5.82 Å². The van der Waals surface area contributed by atoms with Crippen LogP contribution >= 0.6 is 27.5 Å². The summed E-state index contributed by atoms with van der Waals surface area (Å²) in [5.41, 5.74) is 0.850. The predicted molar refractivity (Wildman–Crippen MR) is 83.2 cm³/mol. The minimum atomic E-state index is -0.377. The second-order valence-corrected chi connectivity index (χ2v) is 5.29.